The third-order valence-electron chi connectivity index (χ3n) is 11.6. The second-order valence-corrected chi connectivity index (χ2v) is 14.0. The predicted molar refractivity (Wildman–Crippen MR) is 210 cm³/mol. The molecule has 2 aliphatic rings. The lowest BCUT2D eigenvalue weighted by atomic mass is 9.70. The number of furan rings is 1. The first kappa shape index (κ1) is 27.2. The molecule has 8 aromatic carbocycles. The van der Waals surface area contributed by atoms with Crippen molar-refractivity contribution < 1.29 is 4.42 Å². The van der Waals surface area contributed by atoms with E-state index in [0.29, 0.717) is 0 Å². The fourth-order valence-electron chi connectivity index (χ4n) is 9.60. The first-order chi connectivity index (χ1) is 25.3. The average molecular weight is 648 g/mol. The molecule has 0 unspecified atom stereocenters. The lowest BCUT2D eigenvalue weighted by Gasteiger charge is -2.30. The minimum atomic E-state index is -0.391. The lowest BCUT2D eigenvalue weighted by Crippen LogP contribution is -2.25. The Bertz CT molecular complexity index is 2980. The molecular weight excluding hydrogens is 619 g/mol. The number of hydrogen-bond donors (Lipinski definition) is 0. The Morgan fingerprint density at radius 3 is 1.51 bits per heavy atom. The molecule has 236 valence electrons. The number of para-hydroxylation sites is 3. The van der Waals surface area contributed by atoms with E-state index in [4.69, 9.17) is 4.42 Å². The summed E-state index contributed by atoms with van der Waals surface area (Å²) >= 11 is 0. The molecule has 0 radical (unpaired) electrons. The summed E-state index contributed by atoms with van der Waals surface area (Å²) in [5.41, 5.74) is 17.8. The minimum absolute atomic E-state index is 0.391. The van der Waals surface area contributed by atoms with E-state index in [2.05, 4.69) is 180 Å². The van der Waals surface area contributed by atoms with Gasteiger partial charge in [0.25, 0.3) is 0 Å². The van der Waals surface area contributed by atoms with Crippen LogP contribution in [0.15, 0.2) is 180 Å². The van der Waals surface area contributed by atoms with Crippen LogP contribution < -0.4 is 0 Å². The summed E-state index contributed by atoms with van der Waals surface area (Å²) in [4.78, 5) is 0. The van der Waals surface area contributed by atoms with Crippen LogP contribution in [0.1, 0.15) is 22.3 Å². The molecule has 0 saturated heterocycles. The van der Waals surface area contributed by atoms with Gasteiger partial charge in [-0.2, -0.15) is 0 Å². The highest BCUT2D eigenvalue weighted by atomic mass is 16.3. The van der Waals surface area contributed by atoms with Crippen molar-refractivity contribution in [3.05, 3.63) is 198 Å². The van der Waals surface area contributed by atoms with Crippen LogP contribution in [0.3, 0.4) is 0 Å². The normalized spacial score (nSPS) is 13.6. The van der Waals surface area contributed by atoms with Crippen LogP contribution in [0, 0.1) is 0 Å². The topological polar surface area (TPSA) is 18.1 Å². The molecule has 0 N–H and O–H groups in total. The lowest BCUT2D eigenvalue weighted by molar-refractivity contribution is 0.667. The minimum Gasteiger partial charge on any atom is -0.455 e. The highest BCUT2D eigenvalue weighted by Gasteiger charge is 2.51. The molecule has 0 atom stereocenters. The SMILES string of the molecule is c1ccc2c(c1)-c1ccccc1C21c2ccccc2-c2cc3c(cc21)oc1c(-c2ccc(-n4c5ccccc5c5ccccc54)cc2)cccc13. The molecule has 2 nitrogen and oxygen atoms in total. The smallest absolute Gasteiger partial charge is 0.143 e. The fourth-order valence-corrected chi connectivity index (χ4v) is 9.60. The van der Waals surface area contributed by atoms with E-state index in [9.17, 15) is 0 Å². The van der Waals surface area contributed by atoms with Crippen LogP contribution in [-0.2, 0) is 5.41 Å². The van der Waals surface area contributed by atoms with Gasteiger partial charge in [0.15, 0.2) is 0 Å². The van der Waals surface area contributed by atoms with E-state index in [-0.39, 0.29) is 0 Å². The van der Waals surface area contributed by atoms with Crippen molar-refractivity contribution in [3.8, 4) is 39.1 Å². The van der Waals surface area contributed by atoms with Crippen LogP contribution in [0.25, 0.3) is 82.8 Å². The zero-order chi connectivity index (χ0) is 33.3. The van der Waals surface area contributed by atoms with Crippen LogP contribution in [0.2, 0.25) is 0 Å². The molecule has 0 fully saturated rings. The average Bonchev–Trinajstić information content (AvgIpc) is 3.91. The van der Waals surface area contributed by atoms with Crippen LogP contribution in [-0.4, -0.2) is 4.57 Å². The highest BCUT2D eigenvalue weighted by molar-refractivity contribution is 6.13. The highest BCUT2D eigenvalue weighted by Crippen LogP contribution is 2.63. The van der Waals surface area contributed by atoms with Gasteiger partial charge in [-0.05, 0) is 86.5 Å². The van der Waals surface area contributed by atoms with Crippen LogP contribution in [0.5, 0.6) is 0 Å². The van der Waals surface area contributed by atoms with Gasteiger partial charge in [0, 0.05) is 32.8 Å². The Morgan fingerprint density at radius 2 is 0.882 bits per heavy atom. The van der Waals surface area contributed by atoms with Gasteiger partial charge >= 0.3 is 0 Å². The summed E-state index contributed by atoms with van der Waals surface area (Å²) in [6.45, 7) is 0. The zero-order valence-electron chi connectivity index (χ0n) is 27.6. The molecule has 0 bridgehead atoms. The third-order valence-corrected chi connectivity index (χ3v) is 11.6. The van der Waals surface area contributed by atoms with Crippen molar-refractivity contribution >= 4 is 43.7 Å². The molecule has 2 heterocycles. The second-order valence-electron chi connectivity index (χ2n) is 14.0. The maximum Gasteiger partial charge on any atom is 0.143 e. The Morgan fingerprint density at radius 1 is 0.373 bits per heavy atom. The number of benzene rings is 8. The molecule has 12 rings (SSSR count). The molecule has 1 spiro atoms. The first-order valence-electron chi connectivity index (χ1n) is 17.7. The van der Waals surface area contributed by atoms with Gasteiger partial charge in [-0.15, -0.1) is 0 Å². The van der Waals surface area contributed by atoms with Crippen molar-refractivity contribution in [3.63, 3.8) is 0 Å². The van der Waals surface area contributed by atoms with E-state index in [1.807, 2.05) is 0 Å². The van der Waals surface area contributed by atoms with Gasteiger partial charge in [0.2, 0.25) is 0 Å². The molecule has 0 aliphatic heterocycles. The van der Waals surface area contributed by atoms with E-state index in [0.717, 1.165) is 38.8 Å². The molecule has 51 heavy (non-hydrogen) atoms. The van der Waals surface area contributed by atoms with Crippen molar-refractivity contribution in [2.75, 3.05) is 0 Å². The molecule has 10 aromatic rings. The molecule has 0 amide bonds. The largest absolute Gasteiger partial charge is 0.455 e. The number of fused-ring (bicyclic) bond motifs is 16. The Labute approximate surface area is 294 Å². The summed E-state index contributed by atoms with van der Waals surface area (Å²) < 4.78 is 9.32. The number of hydrogen-bond acceptors (Lipinski definition) is 1. The maximum absolute atomic E-state index is 6.95. The van der Waals surface area contributed by atoms with E-state index >= 15 is 0 Å². The van der Waals surface area contributed by atoms with Gasteiger partial charge in [-0.1, -0.05) is 140 Å². The van der Waals surface area contributed by atoms with Crippen LogP contribution >= 0.6 is 0 Å². The molecule has 2 aliphatic carbocycles. The standard InChI is InChI=1S/C49H29NO/c1-6-19-41-33(12-1)34-13-2-7-20-42(34)49(41)43-21-8-3-14-35(43)39-28-40-38-18-11-17-32(48(38)51-47(40)29-44(39)49)30-24-26-31(27-25-30)50-45-22-9-4-15-36(45)37-16-5-10-23-46(37)50/h1-29H. The van der Waals surface area contributed by atoms with Crippen molar-refractivity contribution in [2.24, 2.45) is 0 Å². The summed E-state index contributed by atoms with van der Waals surface area (Å²) in [6, 6.07) is 64.5. The van der Waals surface area contributed by atoms with Gasteiger partial charge in [-0.3, -0.25) is 0 Å². The quantitative estimate of drug-likeness (QED) is 0.183. The van der Waals surface area contributed by atoms with Crippen molar-refractivity contribution in [2.45, 2.75) is 5.41 Å². The maximum atomic E-state index is 6.95. The van der Waals surface area contributed by atoms with Crippen molar-refractivity contribution in [1.29, 1.82) is 0 Å². The summed E-state index contributed by atoms with van der Waals surface area (Å²) in [7, 11) is 0. The third kappa shape index (κ3) is 3.37. The predicted octanol–water partition coefficient (Wildman–Crippen LogP) is 12.7. The molecule has 0 saturated carbocycles. The van der Waals surface area contributed by atoms with Gasteiger partial charge in [-0.25, -0.2) is 0 Å². The van der Waals surface area contributed by atoms with E-state index < -0.39 is 5.41 Å². The molecular formula is C49H29NO. The molecule has 2 heteroatoms. The van der Waals surface area contributed by atoms with Crippen LogP contribution in [0.4, 0.5) is 0 Å². The Kier molecular flexibility index (Phi) is 5.20. The summed E-state index contributed by atoms with van der Waals surface area (Å²) in [6.07, 6.45) is 0. The monoisotopic (exact) mass is 647 g/mol. The Balaban J connectivity index is 1.06. The zero-order valence-corrected chi connectivity index (χ0v) is 27.6. The fraction of sp³-hybridized carbons (Fsp3) is 0.0204. The van der Waals surface area contributed by atoms with Gasteiger partial charge < -0.3 is 8.98 Å². The second kappa shape index (κ2) is 9.74. The number of nitrogens with zero attached hydrogens (tertiary/aromatic N) is 1. The van der Waals surface area contributed by atoms with Gasteiger partial charge in [0.1, 0.15) is 11.2 Å². The van der Waals surface area contributed by atoms with E-state index in [1.54, 1.807) is 0 Å². The van der Waals surface area contributed by atoms with E-state index in [1.165, 1.54) is 66.3 Å². The summed E-state index contributed by atoms with van der Waals surface area (Å²) in [5.74, 6) is 0. The Hall–Kier alpha value is -6.64. The van der Waals surface area contributed by atoms with Gasteiger partial charge in [0.05, 0.1) is 16.4 Å². The van der Waals surface area contributed by atoms with Crippen molar-refractivity contribution in [1.82, 2.24) is 4.57 Å². The summed E-state index contributed by atoms with van der Waals surface area (Å²) in [5, 5.41) is 4.83. The first-order valence-corrected chi connectivity index (χ1v) is 17.7. The molecule has 2 aromatic heterocycles. The number of rotatable bonds is 2. The number of aromatic nitrogens is 1.